The van der Waals surface area contributed by atoms with E-state index in [1.165, 1.54) is 11.3 Å². The fourth-order valence-corrected chi connectivity index (χ4v) is 4.48. The van der Waals surface area contributed by atoms with Crippen LogP contribution in [0.5, 0.6) is 0 Å². The summed E-state index contributed by atoms with van der Waals surface area (Å²) in [5.74, 6) is 0.579. The Kier molecular flexibility index (Phi) is 4.04. The summed E-state index contributed by atoms with van der Waals surface area (Å²) < 4.78 is 27.2. The van der Waals surface area contributed by atoms with Crippen LogP contribution < -0.4 is 10.5 Å². The van der Waals surface area contributed by atoms with Gasteiger partial charge in [-0.2, -0.15) is 0 Å². The summed E-state index contributed by atoms with van der Waals surface area (Å²) in [5.41, 5.74) is 5.53. The number of imidazole rings is 1. The van der Waals surface area contributed by atoms with Crippen molar-refractivity contribution in [1.82, 2.24) is 14.7 Å². The summed E-state index contributed by atoms with van der Waals surface area (Å²) in [7, 11) is -3.56. The van der Waals surface area contributed by atoms with Crippen LogP contribution in [0.3, 0.4) is 0 Å². The lowest BCUT2D eigenvalue weighted by molar-refractivity contribution is 0.561. The number of nitrogens with one attached hydrogen (secondary N) is 2. The van der Waals surface area contributed by atoms with E-state index < -0.39 is 16.1 Å². The van der Waals surface area contributed by atoms with E-state index >= 15 is 0 Å². The topological polar surface area (TPSA) is 101 Å². The van der Waals surface area contributed by atoms with Gasteiger partial charge in [-0.05, 0) is 19.9 Å². The van der Waals surface area contributed by atoms with E-state index in [1.807, 2.05) is 0 Å². The first-order chi connectivity index (χ1) is 8.94. The van der Waals surface area contributed by atoms with E-state index in [1.54, 1.807) is 32.3 Å². The van der Waals surface area contributed by atoms with E-state index in [0.29, 0.717) is 12.4 Å². The number of aryl methyl sites for hydroxylation is 1. The van der Waals surface area contributed by atoms with Crippen LogP contribution in [-0.2, 0) is 16.6 Å². The minimum Gasteiger partial charge on any atom is -0.347 e. The van der Waals surface area contributed by atoms with Gasteiger partial charge in [0.1, 0.15) is 5.82 Å². The Bertz CT molecular complexity index is 646. The second kappa shape index (κ2) is 5.41. The van der Waals surface area contributed by atoms with Gasteiger partial charge in [-0.3, -0.25) is 0 Å². The molecule has 1 unspecified atom stereocenters. The van der Waals surface area contributed by atoms with Gasteiger partial charge in [0.2, 0.25) is 10.0 Å². The van der Waals surface area contributed by atoms with Crippen molar-refractivity contribution in [3.05, 3.63) is 34.0 Å². The Hall–Kier alpha value is -1.22. The maximum Gasteiger partial charge on any atom is 0.242 e. The number of hydrogen-bond donors (Lipinski definition) is 3. The lowest BCUT2D eigenvalue weighted by Gasteiger charge is -2.11. The lowest BCUT2D eigenvalue weighted by Crippen LogP contribution is -2.27. The molecule has 8 heteroatoms. The number of rotatable bonds is 5. The van der Waals surface area contributed by atoms with E-state index in [-0.39, 0.29) is 4.90 Å². The molecule has 1 atom stereocenters. The summed E-state index contributed by atoms with van der Waals surface area (Å²) in [6.07, 6.45) is 3.24. The highest BCUT2D eigenvalue weighted by atomic mass is 32.2. The normalized spacial score (nSPS) is 13.6. The first-order valence-corrected chi connectivity index (χ1v) is 8.05. The Labute approximate surface area is 116 Å². The number of hydrogen-bond acceptors (Lipinski definition) is 5. The predicted octanol–water partition coefficient (Wildman–Crippen LogP) is 1.28. The number of aromatic amines is 1. The molecule has 0 fully saturated rings. The molecule has 0 saturated heterocycles. The number of nitrogens with zero attached hydrogens (tertiary/aromatic N) is 1. The minimum absolute atomic E-state index is 0.288. The third-order valence-corrected chi connectivity index (χ3v) is 5.54. The van der Waals surface area contributed by atoms with E-state index in [4.69, 9.17) is 5.73 Å². The molecule has 104 valence electrons. The highest BCUT2D eigenvalue weighted by molar-refractivity contribution is 7.89. The molecule has 2 heterocycles. The monoisotopic (exact) mass is 300 g/mol. The molecule has 2 rings (SSSR count). The van der Waals surface area contributed by atoms with Crippen molar-refractivity contribution in [3.63, 3.8) is 0 Å². The third-order valence-electron chi connectivity index (χ3n) is 2.68. The molecule has 0 aliphatic heterocycles. The zero-order chi connectivity index (χ0) is 14.0. The first kappa shape index (κ1) is 14.2. The largest absolute Gasteiger partial charge is 0.347 e. The zero-order valence-corrected chi connectivity index (χ0v) is 12.3. The quantitative estimate of drug-likeness (QED) is 0.774. The van der Waals surface area contributed by atoms with Crippen molar-refractivity contribution in [2.24, 2.45) is 5.73 Å². The second-order valence-electron chi connectivity index (χ2n) is 4.15. The lowest BCUT2D eigenvalue weighted by atomic mass is 10.3. The van der Waals surface area contributed by atoms with Gasteiger partial charge in [-0.25, -0.2) is 18.1 Å². The van der Waals surface area contributed by atoms with Crippen LogP contribution in [0.2, 0.25) is 0 Å². The van der Waals surface area contributed by atoms with Crippen LogP contribution in [0.1, 0.15) is 28.5 Å². The van der Waals surface area contributed by atoms with Crippen molar-refractivity contribution in [2.75, 3.05) is 0 Å². The molecule has 6 nitrogen and oxygen atoms in total. The van der Waals surface area contributed by atoms with Crippen molar-refractivity contribution >= 4 is 21.4 Å². The maximum absolute atomic E-state index is 12.3. The van der Waals surface area contributed by atoms with Gasteiger partial charge in [-0.1, -0.05) is 0 Å². The molecule has 0 saturated carbocycles. The Balaban J connectivity index is 2.25. The van der Waals surface area contributed by atoms with Gasteiger partial charge in [0.15, 0.2) is 0 Å². The molecular formula is C11H16N4O2S2. The van der Waals surface area contributed by atoms with Crippen molar-refractivity contribution in [1.29, 1.82) is 0 Å². The molecule has 2 aromatic heterocycles. The van der Waals surface area contributed by atoms with Crippen molar-refractivity contribution in [3.8, 4) is 0 Å². The fraction of sp³-hybridized carbons (Fsp3) is 0.364. The fourth-order valence-electron chi connectivity index (χ4n) is 1.76. The summed E-state index contributed by atoms with van der Waals surface area (Å²) in [6, 6.07) is 1.21. The number of nitrogens with two attached hydrogens (primary N) is 1. The summed E-state index contributed by atoms with van der Waals surface area (Å²) in [5, 5.41) is 0. The molecule has 0 bridgehead atoms. The smallest absolute Gasteiger partial charge is 0.242 e. The molecule has 19 heavy (non-hydrogen) atoms. The third kappa shape index (κ3) is 3.03. The highest BCUT2D eigenvalue weighted by Crippen LogP contribution is 2.26. The van der Waals surface area contributed by atoms with Crippen LogP contribution in [0, 0.1) is 6.92 Å². The zero-order valence-electron chi connectivity index (χ0n) is 10.7. The molecular weight excluding hydrogens is 284 g/mol. The standard InChI is InChI=1S/C11H16N4O2S2/c1-7(11-13-3-4-14-11)15-19(16,17)10-5-9(6-12)18-8(10)2/h3-5,7,15H,6,12H2,1-2H3,(H,13,14). The van der Waals surface area contributed by atoms with Crippen LogP contribution in [0.25, 0.3) is 0 Å². The Morgan fingerprint density at radius 2 is 2.32 bits per heavy atom. The number of aromatic nitrogens is 2. The van der Waals surface area contributed by atoms with Gasteiger partial charge in [0.05, 0.1) is 10.9 Å². The average molecular weight is 300 g/mol. The molecule has 0 spiro atoms. The van der Waals surface area contributed by atoms with Crippen LogP contribution in [0.15, 0.2) is 23.4 Å². The molecule has 0 amide bonds. The van der Waals surface area contributed by atoms with E-state index in [9.17, 15) is 8.42 Å². The van der Waals surface area contributed by atoms with Crippen molar-refractivity contribution in [2.45, 2.75) is 31.3 Å². The second-order valence-corrected chi connectivity index (χ2v) is 7.18. The molecule has 2 aromatic rings. The molecule has 0 aliphatic rings. The molecule has 0 radical (unpaired) electrons. The van der Waals surface area contributed by atoms with Gasteiger partial charge >= 0.3 is 0 Å². The van der Waals surface area contributed by atoms with E-state index in [0.717, 1.165) is 9.75 Å². The summed E-state index contributed by atoms with van der Waals surface area (Å²) >= 11 is 1.40. The molecule has 0 aliphatic carbocycles. The summed E-state index contributed by atoms with van der Waals surface area (Å²) in [6.45, 7) is 3.85. The number of thiophene rings is 1. The minimum atomic E-state index is -3.56. The van der Waals surface area contributed by atoms with Gasteiger partial charge in [-0.15, -0.1) is 11.3 Å². The Morgan fingerprint density at radius 1 is 1.58 bits per heavy atom. The van der Waals surface area contributed by atoms with Gasteiger partial charge in [0.25, 0.3) is 0 Å². The van der Waals surface area contributed by atoms with Crippen LogP contribution >= 0.6 is 11.3 Å². The highest BCUT2D eigenvalue weighted by Gasteiger charge is 2.23. The molecule has 0 aromatic carbocycles. The average Bonchev–Trinajstić information content (AvgIpc) is 2.96. The van der Waals surface area contributed by atoms with Crippen LogP contribution in [0.4, 0.5) is 0 Å². The molecule has 4 N–H and O–H groups in total. The van der Waals surface area contributed by atoms with Crippen LogP contribution in [-0.4, -0.2) is 18.4 Å². The number of sulfonamides is 1. The SMILES string of the molecule is Cc1sc(CN)cc1S(=O)(=O)NC(C)c1ncc[nH]1. The van der Waals surface area contributed by atoms with Crippen molar-refractivity contribution < 1.29 is 8.42 Å². The summed E-state index contributed by atoms with van der Waals surface area (Å²) in [4.78, 5) is 8.80. The predicted molar refractivity (Wildman–Crippen MR) is 74.3 cm³/mol. The first-order valence-electron chi connectivity index (χ1n) is 5.75. The van der Waals surface area contributed by atoms with Gasteiger partial charge in [0, 0.05) is 28.7 Å². The number of H-pyrrole nitrogens is 1. The van der Waals surface area contributed by atoms with Gasteiger partial charge < -0.3 is 10.7 Å². The van der Waals surface area contributed by atoms with E-state index in [2.05, 4.69) is 14.7 Å². The maximum atomic E-state index is 12.3. The Morgan fingerprint density at radius 3 is 2.84 bits per heavy atom.